The normalized spacial score (nSPS) is 12.6. The molecule has 0 aliphatic heterocycles. The summed E-state index contributed by atoms with van der Waals surface area (Å²) in [4.78, 5) is 0. The summed E-state index contributed by atoms with van der Waals surface area (Å²) in [6, 6.07) is 85.0. The number of aromatic nitrogens is 1. The zero-order valence-electron chi connectivity index (χ0n) is 35.7. The number of fused-ring (bicyclic) bond motifs is 13. The van der Waals surface area contributed by atoms with E-state index in [0.29, 0.717) is 11.1 Å². The number of hydrogen-bond donors (Lipinski definition) is 0. The van der Waals surface area contributed by atoms with Crippen LogP contribution in [0.1, 0.15) is 33.4 Å². The Bertz CT molecular complexity index is 3680. The minimum Gasteiger partial charge on any atom is -0.307 e. The van der Waals surface area contributed by atoms with Gasteiger partial charge < -0.3 is 4.57 Å². The Morgan fingerprint density at radius 2 is 0.742 bits per heavy atom. The number of benzene rings is 10. The zero-order valence-corrected chi connectivity index (χ0v) is 35.7. The molecule has 0 radical (unpaired) electrons. The molecule has 0 fully saturated rings. The van der Waals surface area contributed by atoms with Gasteiger partial charge in [-0.3, -0.25) is 0 Å². The second kappa shape index (κ2) is 14.5. The lowest BCUT2D eigenvalue weighted by Gasteiger charge is -2.32. The van der Waals surface area contributed by atoms with Crippen molar-refractivity contribution in [2.24, 2.45) is 0 Å². The van der Waals surface area contributed by atoms with Crippen LogP contribution in [0.5, 0.6) is 0 Å². The summed E-state index contributed by atoms with van der Waals surface area (Å²) in [5.74, 6) is 0. The van der Waals surface area contributed by atoms with Crippen molar-refractivity contribution in [3.05, 3.63) is 258 Å². The molecule has 0 amide bonds. The van der Waals surface area contributed by atoms with E-state index in [1.165, 1.54) is 0 Å². The number of nitriles is 2. The Morgan fingerprint density at radius 1 is 0.333 bits per heavy atom. The highest BCUT2D eigenvalue weighted by Gasteiger charge is 2.54. The van der Waals surface area contributed by atoms with Gasteiger partial charge in [-0.2, -0.15) is 10.5 Å². The van der Waals surface area contributed by atoms with Crippen LogP contribution in [0.2, 0.25) is 0 Å². The molecule has 0 unspecified atom stereocenters. The molecule has 13 rings (SSSR count). The summed E-state index contributed by atoms with van der Waals surface area (Å²) < 4.78 is 2.31. The van der Waals surface area contributed by atoms with Crippen molar-refractivity contribution in [1.29, 1.82) is 10.5 Å². The van der Waals surface area contributed by atoms with Crippen LogP contribution in [0, 0.1) is 22.7 Å². The van der Waals surface area contributed by atoms with Gasteiger partial charge in [0.25, 0.3) is 0 Å². The molecule has 0 saturated carbocycles. The average Bonchev–Trinajstić information content (AvgIpc) is 4.00. The molecular weight excluding hydrogens is 799 g/mol. The van der Waals surface area contributed by atoms with E-state index in [9.17, 15) is 10.5 Å². The minimum absolute atomic E-state index is 0.449. The highest BCUT2D eigenvalue weighted by Crippen LogP contribution is 2.65. The van der Waals surface area contributed by atoms with Crippen LogP contribution >= 0.6 is 0 Å². The molecule has 0 bridgehead atoms. The smallest absolute Gasteiger partial charge is 0.101 e. The lowest BCUT2D eigenvalue weighted by atomic mass is 9.68. The highest BCUT2D eigenvalue weighted by molar-refractivity contribution is 6.13. The first-order valence-corrected chi connectivity index (χ1v) is 22.4. The fourth-order valence-corrected chi connectivity index (χ4v) is 11.3. The van der Waals surface area contributed by atoms with E-state index < -0.39 is 5.41 Å². The predicted molar refractivity (Wildman–Crippen MR) is 268 cm³/mol. The lowest BCUT2D eigenvalue weighted by molar-refractivity contribution is 0.790. The maximum Gasteiger partial charge on any atom is 0.101 e. The number of rotatable bonds is 5. The molecule has 3 heteroatoms. The zero-order chi connectivity index (χ0) is 43.9. The maximum atomic E-state index is 11.5. The first kappa shape index (κ1) is 37.5. The highest BCUT2D eigenvalue weighted by atomic mass is 15.0. The standard InChI is InChI=1S/C63H37N3/c64-38-48-33-49(39-65)62(66-58-31-27-44(40-15-5-1-6-16-40)34-53(58)54-35-45(28-32-59(54)66)41-17-7-2-8-18-41)60-52-23-13-14-24-55(52)63(61(48)60)56-36-46(42-19-9-3-10-20-42)25-29-50(56)51-30-26-47(37-57(51)63)43-21-11-4-12-22-43/h1-37H. The topological polar surface area (TPSA) is 52.5 Å². The molecule has 11 aromatic rings. The second-order valence-electron chi connectivity index (χ2n) is 17.4. The third kappa shape index (κ3) is 5.29. The molecule has 0 N–H and O–H groups in total. The molecular formula is C63H37N3. The Hall–Kier alpha value is -9.02. The van der Waals surface area contributed by atoms with Crippen LogP contribution in [0.25, 0.3) is 94.3 Å². The quantitative estimate of drug-likeness (QED) is 0.173. The van der Waals surface area contributed by atoms with Crippen LogP contribution in [0.3, 0.4) is 0 Å². The fourth-order valence-electron chi connectivity index (χ4n) is 11.3. The fraction of sp³-hybridized carbons (Fsp3) is 0.0159. The Kier molecular flexibility index (Phi) is 8.25. The van der Waals surface area contributed by atoms with Crippen LogP contribution in [-0.4, -0.2) is 4.57 Å². The molecule has 10 aromatic carbocycles. The Morgan fingerprint density at radius 3 is 1.20 bits per heavy atom. The Balaban J connectivity index is 1.18. The Labute approximate surface area is 383 Å². The number of nitrogens with zero attached hydrogens (tertiary/aromatic N) is 3. The van der Waals surface area contributed by atoms with Gasteiger partial charge in [-0.25, -0.2) is 0 Å². The van der Waals surface area contributed by atoms with Crippen LogP contribution < -0.4 is 0 Å². The van der Waals surface area contributed by atoms with Gasteiger partial charge in [-0.05, 0) is 126 Å². The molecule has 304 valence electrons. The van der Waals surface area contributed by atoms with Gasteiger partial charge >= 0.3 is 0 Å². The van der Waals surface area contributed by atoms with Crippen molar-refractivity contribution < 1.29 is 0 Å². The average molecular weight is 836 g/mol. The SMILES string of the molecule is N#Cc1cc(C#N)c2c(c1-n1c3ccc(-c4ccccc4)cc3c3cc(-c4ccccc4)ccc31)-c1ccccc1C21c2cc(-c3ccccc3)ccc2-c2ccc(-c3ccccc3)cc21. The van der Waals surface area contributed by atoms with E-state index >= 15 is 0 Å². The summed E-state index contributed by atoms with van der Waals surface area (Å²) >= 11 is 0. The molecule has 1 heterocycles. The minimum atomic E-state index is -0.889. The molecule has 1 aromatic heterocycles. The lowest BCUT2D eigenvalue weighted by Crippen LogP contribution is -2.27. The van der Waals surface area contributed by atoms with Gasteiger partial charge in [-0.15, -0.1) is 0 Å². The molecule has 2 aliphatic carbocycles. The first-order valence-electron chi connectivity index (χ1n) is 22.4. The van der Waals surface area contributed by atoms with E-state index in [0.717, 1.165) is 117 Å². The van der Waals surface area contributed by atoms with Crippen molar-refractivity contribution >= 4 is 21.8 Å². The van der Waals surface area contributed by atoms with Crippen molar-refractivity contribution in [3.63, 3.8) is 0 Å². The maximum absolute atomic E-state index is 11.5. The second-order valence-corrected chi connectivity index (χ2v) is 17.4. The molecule has 2 aliphatic rings. The van der Waals surface area contributed by atoms with E-state index in [1.54, 1.807) is 0 Å². The van der Waals surface area contributed by atoms with Gasteiger partial charge in [-0.1, -0.05) is 182 Å². The third-order valence-corrected chi connectivity index (χ3v) is 14.1. The first-order chi connectivity index (χ1) is 32.6. The molecule has 0 atom stereocenters. The van der Waals surface area contributed by atoms with E-state index in [4.69, 9.17) is 0 Å². The summed E-state index contributed by atoms with van der Waals surface area (Å²) in [6.07, 6.45) is 0. The van der Waals surface area contributed by atoms with Crippen molar-refractivity contribution in [2.45, 2.75) is 5.41 Å². The van der Waals surface area contributed by atoms with Crippen molar-refractivity contribution in [2.75, 3.05) is 0 Å². The predicted octanol–water partition coefficient (Wildman–Crippen LogP) is 15.5. The van der Waals surface area contributed by atoms with Gasteiger partial charge in [0.2, 0.25) is 0 Å². The van der Waals surface area contributed by atoms with E-state index in [2.05, 4.69) is 223 Å². The van der Waals surface area contributed by atoms with Crippen molar-refractivity contribution in [1.82, 2.24) is 4.57 Å². The molecule has 1 spiro atoms. The summed E-state index contributed by atoms with van der Waals surface area (Å²) in [7, 11) is 0. The van der Waals surface area contributed by atoms with E-state index in [1.807, 2.05) is 18.2 Å². The summed E-state index contributed by atoms with van der Waals surface area (Å²) in [5.41, 5.74) is 20.2. The van der Waals surface area contributed by atoms with Crippen LogP contribution in [0.15, 0.2) is 224 Å². The molecule has 66 heavy (non-hydrogen) atoms. The largest absolute Gasteiger partial charge is 0.307 e. The van der Waals surface area contributed by atoms with Crippen molar-refractivity contribution in [3.8, 4) is 84.6 Å². The molecule has 3 nitrogen and oxygen atoms in total. The summed E-state index contributed by atoms with van der Waals surface area (Å²) in [6.45, 7) is 0. The monoisotopic (exact) mass is 835 g/mol. The molecule has 0 saturated heterocycles. The van der Waals surface area contributed by atoms with Gasteiger partial charge in [0, 0.05) is 16.3 Å². The van der Waals surface area contributed by atoms with E-state index in [-0.39, 0.29) is 0 Å². The van der Waals surface area contributed by atoms with Crippen LogP contribution in [0.4, 0.5) is 0 Å². The summed E-state index contributed by atoms with van der Waals surface area (Å²) in [5, 5.41) is 25.0. The third-order valence-electron chi connectivity index (χ3n) is 14.1. The van der Waals surface area contributed by atoms with Gasteiger partial charge in [0.15, 0.2) is 0 Å². The van der Waals surface area contributed by atoms with Crippen LogP contribution in [-0.2, 0) is 5.41 Å². The van der Waals surface area contributed by atoms with Gasteiger partial charge in [0.1, 0.15) is 6.07 Å². The van der Waals surface area contributed by atoms with Gasteiger partial charge in [0.05, 0.1) is 39.3 Å². The number of hydrogen-bond acceptors (Lipinski definition) is 2.